The molecule has 1 aliphatic carbocycles. The zero-order valence-corrected chi connectivity index (χ0v) is 11.5. The summed E-state index contributed by atoms with van der Waals surface area (Å²) in [6, 6.07) is 0.386. The molecule has 100 valence electrons. The highest BCUT2D eigenvalue weighted by Crippen LogP contribution is 2.30. The number of halogens is 1. The average Bonchev–Trinajstić information content (AvgIpc) is 2.82. The Bertz CT molecular complexity index is 234. The summed E-state index contributed by atoms with van der Waals surface area (Å²) >= 11 is 0. The van der Waals surface area contributed by atoms with Crippen molar-refractivity contribution in [2.45, 2.75) is 51.5 Å². The van der Waals surface area contributed by atoms with Gasteiger partial charge in [0.25, 0.3) is 0 Å². The van der Waals surface area contributed by atoms with E-state index in [4.69, 9.17) is 0 Å². The summed E-state index contributed by atoms with van der Waals surface area (Å²) in [5.74, 6) is 1.48. The van der Waals surface area contributed by atoms with Gasteiger partial charge in [-0.1, -0.05) is 13.3 Å². The Kier molecular flexibility index (Phi) is 6.28. The van der Waals surface area contributed by atoms with E-state index in [1.54, 1.807) is 0 Å². The van der Waals surface area contributed by atoms with Crippen LogP contribution in [0.25, 0.3) is 0 Å². The standard InChI is InChI=1S/C13H24N2O.ClH/c1-2-10-3-5-11(6-4-10)13(16)15-12-7-8-14-9-12;/h10-12,14H,2-9H2,1H3,(H,15,16);1H. The Morgan fingerprint density at radius 1 is 1.24 bits per heavy atom. The first-order valence-electron chi connectivity index (χ1n) is 6.80. The number of hydrogen-bond acceptors (Lipinski definition) is 2. The van der Waals surface area contributed by atoms with Gasteiger partial charge in [-0.15, -0.1) is 12.4 Å². The Balaban J connectivity index is 0.00000144. The summed E-state index contributed by atoms with van der Waals surface area (Å²) in [4.78, 5) is 12.0. The second kappa shape index (κ2) is 7.22. The molecule has 0 spiro atoms. The second-order valence-electron chi connectivity index (χ2n) is 5.32. The van der Waals surface area contributed by atoms with Crippen LogP contribution in [0.15, 0.2) is 0 Å². The van der Waals surface area contributed by atoms with Gasteiger partial charge < -0.3 is 10.6 Å². The number of rotatable bonds is 3. The minimum atomic E-state index is 0. The summed E-state index contributed by atoms with van der Waals surface area (Å²) < 4.78 is 0. The van der Waals surface area contributed by atoms with Crippen molar-refractivity contribution in [3.8, 4) is 0 Å². The molecular formula is C13H25ClN2O. The highest BCUT2D eigenvalue weighted by Gasteiger charge is 2.27. The van der Waals surface area contributed by atoms with Gasteiger partial charge in [-0.3, -0.25) is 4.79 Å². The molecule has 4 heteroatoms. The van der Waals surface area contributed by atoms with Crippen LogP contribution in [0.3, 0.4) is 0 Å². The maximum atomic E-state index is 12.0. The van der Waals surface area contributed by atoms with Gasteiger partial charge in [-0.2, -0.15) is 0 Å². The van der Waals surface area contributed by atoms with E-state index in [1.807, 2.05) is 0 Å². The van der Waals surface area contributed by atoms with Crippen LogP contribution in [0.5, 0.6) is 0 Å². The van der Waals surface area contributed by atoms with E-state index < -0.39 is 0 Å². The molecule has 1 saturated heterocycles. The lowest BCUT2D eigenvalue weighted by Crippen LogP contribution is -2.41. The summed E-state index contributed by atoms with van der Waals surface area (Å²) in [6.45, 7) is 4.26. The van der Waals surface area contributed by atoms with Gasteiger partial charge in [0.2, 0.25) is 5.91 Å². The summed E-state index contributed by atoms with van der Waals surface area (Å²) in [5, 5.41) is 6.46. The zero-order chi connectivity index (χ0) is 11.4. The molecule has 0 aromatic heterocycles. The van der Waals surface area contributed by atoms with E-state index in [0.29, 0.717) is 17.9 Å². The van der Waals surface area contributed by atoms with Crippen LogP contribution in [-0.2, 0) is 4.79 Å². The SMILES string of the molecule is CCC1CCC(C(=O)NC2CCNC2)CC1.Cl. The Morgan fingerprint density at radius 3 is 2.47 bits per heavy atom. The Hall–Kier alpha value is -0.280. The average molecular weight is 261 g/mol. The summed E-state index contributed by atoms with van der Waals surface area (Å²) in [5.41, 5.74) is 0. The van der Waals surface area contributed by atoms with Crippen molar-refractivity contribution in [2.75, 3.05) is 13.1 Å². The molecule has 0 aromatic carbocycles. The van der Waals surface area contributed by atoms with Crippen LogP contribution in [0.2, 0.25) is 0 Å². The first-order chi connectivity index (χ1) is 7.79. The summed E-state index contributed by atoms with van der Waals surface area (Å²) in [6.07, 6.45) is 7.07. The van der Waals surface area contributed by atoms with E-state index in [2.05, 4.69) is 17.6 Å². The van der Waals surface area contributed by atoms with E-state index in [-0.39, 0.29) is 12.4 Å². The predicted octanol–water partition coefficient (Wildman–Crippen LogP) is 2.10. The molecule has 0 bridgehead atoms. The van der Waals surface area contributed by atoms with Crippen molar-refractivity contribution in [3.63, 3.8) is 0 Å². The quantitative estimate of drug-likeness (QED) is 0.816. The Morgan fingerprint density at radius 2 is 1.94 bits per heavy atom. The topological polar surface area (TPSA) is 41.1 Å². The largest absolute Gasteiger partial charge is 0.352 e. The number of nitrogens with one attached hydrogen (secondary N) is 2. The van der Waals surface area contributed by atoms with E-state index in [0.717, 1.165) is 38.3 Å². The minimum absolute atomic E-state index is 0. The molecule has 0 radical (unpaired) electrons. The normalized spacial score (nSPS) is 32.9. The fourth-order valence-corrected chi connectivity index (χ4v) is 2.93. The lowest BCUT2D eigenvalue weighted by molar-refractivity contribution is -0.126. The minimum Gasteiger partial charge on any atom is -0.352 e. The molecule has 1 saturated carbocycles. The van der Waals surface area contributed by atoms with Crippen molar-refractivity contribution >= 4 is 18.3 Å². The van der Waals surface area contributed by atoms with Gasteiger partial charge in [0.05, 0.1) is 0 Å². The maximum Gasteiger partial charge on any atom is 0.223 e. The number of hydrogen-bond donors (Lipinski definition) is 2. The molecule has 2 rings (SSSR count). The molecule has 1 aliphatic heterocycles. The van der Waals surface area contributed by atoms with Crippen LogP contribution >= 0.6 is 12.4 Å². The van der Waals surface area contributed by atoms with Crippen LogP contribution < -0.4 is 10.6 Å². The van der Waals surface area contributed by atoms with Gasteiger partial charge >= 0.3 is 0 Å². The molecule has 17 heavy (non-hydrogen) atoms. The van der Waals surface area contributed by atoms with E-state index in [9.17, 15) is 4.79 Å². The maximum absolute atomic E-state index is 12.0. The predicted molar refractivity (Wildman–Crippen MR) is 72.4 cm³/mol. The molecule has 2 fully saturated rings. The monoisotopic (exact) mass is 260 g/mol. The molecule has 1 amide bonds. The van der Waals surface area contributed by atoms with Gasteiger partial charge in [0, 0.05) is 18.5 Å². The molecular weight excluding hydrogens is 236 g/mol. The lowest BCUT2D eigenvalue weighted by Gasteiger charge is -2.27. The number of amides is 1. The van der Waals surface area contributed by atoms with Crippen molar-refractivity contribution < 1.29 is 4.79 Å². The Labute approximate surface area is 111 Å². The van der Waals surface area contributed by atoms with Gasteiger partial charge in [-0.25, -0.2) is 0 Å². The molecule has 1 atom stereocenters. The van der Waals surface area contributed by atoms with Crippen LogP contribution in [0.1, 0.15) is 45.4 Å². The van der Waals surface area contributed by atoms with Crippen LogP contribution in [0.4, 0.5) is 0 Å². The highest BCUT2D eigenvalue weighted by atomic mass is 35.5. The third-order valence-corrected chi connectivity index (χ3v) is 4.20. The second-order valence-corrected chi connectivity index (χ2v) is 5.32. The first-order valence-corrected chi connectivity index (χ1v) is 6.80. The van der Waals surface area contributed by atoms with Crippen molar-refractivity contribution in [3.05, 3.63) is 0 Å². The van der Waals surface area contributed by atoms with Crippen molar-refractivity contribution in [2.24, 2.45) is 11.8 Å². The van der Waals surface area contributed by atoms with Gasteiger partial charge in [0.15, 0.2) is 0 Å². The van der Waals surface area contributed by atoms with Crippen LogP contribution in [0, 0.1) is 11.8 Å². The smallest absolute Gasteiger partial charge is 0.223 e. The molecule has 0 aromatic rings. The lowest BCUT2D eigenvalue weighted by atomic mass is 9.80. The first kappa shape index (κ1) is 14.8. The zero-order valence-electron chi connectivity index (χ0n) is 10.7. The third kappa shape index (κ3) is 4.14. The van der Waals surface area contributed by atoms with Gasteiger partial charge in [-0.05, 0) is 44.6 Å². The molecule has 1 heterocycles. The molecule has 2 N–H and O–H groups in total. The van der Waals surface area contributed by atoms with Crippen molar-refractivity contribution in [1.29, 1.82) is 0 Å². The van der Waals surface area contributed by atoms with E-state index in [1.165, 1.54) is 19.3 Å². The fourth-order valence-electron chi connectivity index (χ4n) is 2.93. The molecule has 2 aliphatic rings. The highest BCUT2D eigenvalue weighted by molar-refractivity contribution is 5.85. The molecule has 3 nitrogen and oxygen atoms in total. The van der Waals surface area contributed by atoms with Crippen LogP contribution in [-0.4, -0.2) is 25.0 Å². The number of carbonyl (C=O) groups excluding carboxylic acids is 1. The molecule has 1 unspecified atom stereocenters. The van der Waals surface area contributed by atoms with E-state index >= 15 is 0 Å². The van der Waals surface area contributed by atoms with Gasteiger partial charge in [0.1, 0.15) is 0 Å². The number of carbonyl (C=O) groups is 1. The fraction of sp³-hybridized carbons (Fsp3) is 0.923. The van der Waals surface area contributed by atoms with Crippen molar-refractivity contribution in [1.82, 2.24) is 10.6 Å². The summed E-state index contributed by atoms with van der Waals surface area (Å²) in [7, 11) is 0. The third-order valence-electron chi connectivity index (χ3n) is 4.20.